The van der Waals surface area contributed by atoms with E-state index in [4.69, 9.17) is 0 Å². The van der Waals surface area contributed by atoms with Gasteiger partial charge in [-0.15, -0.1) is 0 Å². The molecule has 1 heterocycles. The summed E-state index contributed by atoms with van der Waals surface area (Å²) < 4.78 is 0. The molecule has 2 rings (SSSR count). The highest BCUT2D eigenvalue weighted by Crippen LogP contribution is 2.18. The highest BCUT2D eigenvalue weighted by molar-refractivity contribution is 5.96. The van der Waals surface area contributed by atoms with Crippen LogP contribution in [0, 0.1) is 0 Å². The van der Waals surface area contributed by atoms with Crippen LogP contribution in [0.15, 0.2) is 24.3 Å². The molecule has 16 heavy (non-hydrogen) atoms. The van der Waals surface area contributed by atoms with Crippen molar-refractivity contribution in [2.24, 2.45) is 0 Å². The number of fused-ring (bicyclic) bond motifs is 1. The van der Waals surface area contributed by atoms with Crippen LogP contribution in [-0.4, -0.2) is 35.1 Å². The van der Waals surface area contributed by atoms with Crippen LogP contribution in [0.1, 0.15) is 29.3 Å². The van der Waals surface area contributed by atoms with Crippen LogP contribution in [0.3, 0.4) is 0 Å². The third-order valence-electron chi connectivity index (χ3n) is 2.89. The Morgan fingerprint density at radius 1 is 1.44 bits per heavy atom. The Bertz CT molecular complexity index is 387. The van der Waals surface area contributed by atoms with Gasteiger partial charge < -0.3 is 10.0 Å². The molecule has 0 fully saturated rings. The summed E-state index contributed by atoms with van der Waals surface area (Å²) in [5.41, 5.74) is 1.92. The quantitative estimate of drug-likeness (QED) is 0.818. The van der Waals surface area contributed by atoms with Gasteiger partial charge in [0.2, 0.25) is 0 Å². The number of aliphatic hydroxyl groups excluding tert-OH is 1. The number of hydrogen-bond acceptors (Lipinski definition) is 2. The number of carbonyl (C=O) groups excluding carboxylic acids is 1. The molecule has 0 bridgehead atoms. The molecule has 86 valence electrons. The van der Waals surface area contributed by atoms with Crippen LogP contribution in [-0.2, 0) is 6.42 Å². The molecule has 0 aromatic heterocycles. The van der Waals surface area contributed by atoms with E-state index in [1.165, 1.54) is 0 Å². The molecule has 1 aliphatic rings. The van der Waals surface area contributed by atoms with E-state index in [2.05, 4.69) is 0 Å². The van der Waals surface area contributed by atoms with Gasteiger partial charge in [-0.2, -0.15) is 0 Å². The first-order valence-corrected chi connectivity index (χ1v) is 5.73. The van der Waals surface area contributed by atoms with Crippen LogP contribution >= 0.6 is 0 Å². The molecule has 0 spiro atoms. The molecule has 1 aromatic carbocycles. The maximum absolute atomic E-state index is 12.2. The van der Waals surface area contributed by atoms with E-state index < -0.39 is 6.10 Å². The summed E-state index contributed by atoms with van der Waals surface area (Å²) in [7, 11) is 0. The van der Waals surface area contributed by atoms with E-state index in [-0.39, 0.29) is 5.91 Å². The standard InChI is InChI=1S/C13H17NO2/c1-10(15)9-14-8-4-6-11-5-2-3-7-12(11)13(14)16/h2-3,5,7,10,15H,4,6,8-9H2,1H3. The summed E-state index contributed by atoms with van der Waals surface area (Å²) >= 11 is 0. The highest BCUT2D eigenvalue weighted by atomic mass is 16.3. The molecule has 0 saturated carbocycles. The van der Waals surface area contributed by atoms with Crippen molar-refractivity contribution in [1.82, 2.24) is 4.90 Å². The lowest BCUT2D eigenvalue weighted by atomic mass is 10.0. The molecule has 1 aliphatic heterocycles. The van der Waals surface area contributed by atoms with Crippen molar-refractivity contribution in [3.63, 3.8) is 0 Å². The second-order valence-electron chi connectivity index (χ2n) is 4.36. The van der Waals surface area contributed by atoms with Gasteiger partial charge in [-0.1, -0.05) is 18.2 Å². The van der Waals surface area contributed by atoms with Crippen LogP contribution in [0.2, 0.25) is 0 Å². The van der Waals surface area contributed by atoms with E-state index in [0.29, 0.717) is 6.54 Å². The molecule has 0 radical (unpaired) electrons. The van der Waals surface area contributed by atoms with Gasteiger partial charge in [-0.05, 0) is 31.4 Å². The zero-order valence-corrected chi connectivity index (χ0v) is 9.52. The van der Waals surface area contributed by atoms with E-state index in [1.54, 1.807) is 11.8 Å². The number of rotatable bonds is 2. The maximum Gasteiger partial charge on any atom is 0.254 e. The Morgan fingerprint density at radius 2 is 2.19 bits per heavy atom. The van der Waals surface area contributed by atoms with Crippen molar-refractivity contribution >= 4 is 5.91 Å². The summed E-state index contributed by atoms with van der Waals surface area (Å²) in [5.74, 6) is 0.0500. The van der Waals surface area contributed by atoms with Crippen molar-refractivity contribution < 1.29 is 9.90 Å². The van der Waals surface area contributed by atoms with Gasteiger partial charge in [-0.25, -0.2) is 0 Å². The summed E-state index contributed by atoms with van der Waals surface area (Å²) in [5, 5.41) is 9.37. The minimum absolute atomic E-state index is 0.0500. The monoisotopic (exact) mass is 219 g/mol. The lowest BCUT2D eigenvalue weighted by Crippen LogP contribution is -2.36. The van der Waals surface area contributed by atoms with Crippen LogP contribution in [0.25, 0.3) is 0 Å². The Labute approximate surface area is 95.7 Å². The molecule has 0 aliphatic carbocycles. The molecule has 3 heteroatoms. The Kier molecular flexibility index (Phi) is 3.25. The third kappa shape index (κ3) is 2.25. The SMILES string of the molecule is CC(O)CN1CCCc2ccccc2C1=O. The Morgan fingerprint density at radius 3 is 2.94 bits per heavy atom. The molecule has 1 unspecified atom stereocenters. The zero-order chi connectivity index (χ0) is 11.5. The maximum atomic E-state index is 12.2. The number of hydrogen-bond donors (Lipinski definition) is 1. The van der Waals surface area contributed by atoms with Crippen molar-refractivity contribution in [1.29, 1.82) is 0 Å². The molecule has 1 N–H and O–H groups in total. The van der Waals surface area contributed by atoms with Crippen LogP contribution < -0.4 is 0 Å². The number of amides is 1. The topological polar surface area (TPSA) is 40.5 Å². The van der Waals surface area contributed by atoms with Gasteiger partial charge in [-0.3, -0.25) is 4.79 Å². The van der Waals surface area contributed by atoms with Crippen molar-refractivity contribution in [3.8, 4) is 0 Å². The molecule has 1 amide bonds. The summed E-state index contributed by atoms with van der Waals surface area (Å²) in [6, 6.07) is 7.75. The number of nitrogens with zero attached hydrogens (tertiary/aromatic N) is 1. The smallest absolute Gasteiger partial charge is 0.254 e. The number of carbonyl (C=O) groups is 1. The van der Waals surface area contributed by atoms with E-state index in [1.807, 2.05) is 24.3 Å². The number of β-amino-alcohol motifs (C(OH)–C–C–N with tert-alkyl or cyclic N) is 1. The second kappa shape index (κ2) is 4.66. The number of aryl methyl sites for hydroxylation is 1. The summed E-state index contributed by atoms with van der Waals surface area (Å²) in [4.78, 5) is 13.9. The van der Waals surface area contributed by atoms with Crippen molar-refractivity contribution in [2.75, 3.05) is 13.1 Å². The van der Waals surface area contributed by atoms with Crippen LogP contribution in [0.4, 0.5) is 0 Å². The van der Waals surface area contributed by atoms with Gasteiger partial charge in [0.1, 0.15) is 0 Å². The van der Waals surface area contributed by atoms with Gasteiger partial charge in [0.15, 0.2) is 0 Å². The number of aliphatic hydroxyl groups is 1. The molecular weight excluding hydrogens is 202 g/mol. The minimum atomic E-state index is -0.464. The fraction of sp³-hybridized carbons (Fsp3) is 0.462. The first kappa shape index (κ1) is 11.1. The van der Waals surface area contributed by atoms with Crippen molar-refractivity contribution in [3.05, 3.63) is 35.4 Å². The third-order valence-corrected chi connectivity index (χ3v) is 2.89. The fourth-order valence-corrected chi connectivity index (χ4v) is 2.17. The van der Waals surface area contributed by atoms with E-state index in [9.17, 15) is 9.90 Å². The van der Waals surface area contributed by atoms with Crippen molar-refractivity contribution in [2.45, 2.75) is 25.9 Å². The number of benzene rings is 1. The normalized spacial score (nSPS) is 17.9. The minimum Gasteiger partial charge on any atom is -0.392 e. The van der Waals surface area contributed by atoms with Gasteiger partial charge >= 0.3 is 0 Å². The molecule has 0 saturated heterocycles. The Balaban J connectivity index is 2.26. The van der Waals surface area contributed by atoms with Gasteiger partial charge in [0.25, 0.3) is 5.91 Å². The summed E-state index contributed by atoms with van der Waals surface area (Å²) in [6.45, 7) is 2.87. The van der Waals surface area contributed by atoms with E-state index >= 15 is 0 Å². The predicted octanol–water partition coefficient (Wildman–Crippen LogP) is 1.46. The molecule has 1 atom stereocenters. The van der Waals surface area contributed by atoms with E-state index in [0.717, 1.165) is 30.5 Å². The molecule has 1 aromatic rings. The lowest BCUT2D eigenvalue weighted by molar-refractivity contribution is 0.0654. The first-order chi connectivity index (χ1) is 7.68. The molecule has 3 nitrogen and oxygen atoms in total. The average Bonchev–Trinajstić information content (AvgIpc) is 2.40. The fourth-order valence-electron chi connectivity index (χ4n) is 2.17. The predicted molar refractivity (Wildman–Crippen MR) is 62.3 cm³/mol. The average molecular weight is 219 g/mol. The first-order valence-electron chi connectivity index (χ1n) is 5.73. The lowest BCUT2D eigenvalue weighted by Gasteiger charge is -2.22. The highest BCUT2D eigenvalue weighted by Gasteiger charge is 2.22. The largest absolute Gasteiger partial charge is 0.392 e. The zero-order valence-electron chi connectivity index (χ0n) is 9.52. The van der Waals surface area contributed by atoms with Gasteiger partial charge in [0.05, 0.1) is 6.10 Å². The second-order valence-corrected chi connectivity index (χ2v) is 4.36. The van der Waals surface area contributed by atoms with Gasteiger partial charge in [0, 0.05) is 18.7 Å². The summed E-state index contributed by atoms with van der Waals surface area (Å²) in [6.07, 6.45) is 1.45. The molecular formula is C13H17NO2. The van der Waals surface area contributed by atoms with Crippen LogP contribution in [0.5, 0.6) is 0 Å². The Hall–Kier alpha value is -1.35.